The highest BCUT2D eigenvalue weighted by Crippen LogP contribution is 2.18. The molecular formula is C14H20N2. The van der Waals surface area contributed by atoms with Crippen molar-refractivity contribution in [1.82, 2.24) is 0 Å². The van der Waals surface area contributed by atoms with Crippen molar-refractivity contribution >= 4 is 5.69 Å². The summed E-state index contributed by atoms with van der Waals surface area (Å²) in [6.45, 7) is 7.06. The van der Waals surface area contributed by atoms with Crippen molar-refractivity contribution in [3.05, 3.63) is 29.8 Å². The van der Waals surface area contributed by atoms with Crippen molar-refractivity contribution in [1.29, 1.82) is 5.26 Å². The van der Waals surface area contributed by atoms with Gasteiger partial charge >= 0.3 is 0 Å². The molecule has 0 aromatic heterocycles. The maximum absolute atomic E-state index is 9.07. The molecule has 0 bridgehead atoms. The zero-order chi connectivity index (χ0) is 12.1. The van der Waals surface area contributed by atoms with E-state index in [9.17, 15) is 0 Å². The normalized spacial score (nSPS) is 12.2. The van der Waals surface area contributed by atoms with Crippen LogP contribution in [0.1, 0.15) is 19.4 Å². The second-order valence-corrected chi connectivity index (χ2v) is 4.70. The maximum Gasteiger partial charge on any atom is 0.0677 e. The summed E-state index contributed by atoms with van der Waals surface area (Å²) in [5.74, 6) is 0.489. The van der Waals surface area contributed by atoms with E-state index in [1.165, 1.54) is 11.3 Å². The van der Waals surface area contributed by atoms with Gasteiger partial charge in [-0.15, -0.1) is 0 Å². The third kappa shape index (κ3) is 3.27. The van der Waals surface area contributed by atoms with Crippen LogP contribution in [0, 0.1) is 30.1 Å². The van der Waals surface area contributed by atoms with Gasteiger partial charge in [-0.1, -0.05) is 26.0 Å². The van der Waals surface area contributed by atoms with E-state index in [-0.39, 0.29) is 5.92 Å². The quantitative estimate of drug-likeness (QED) is 0.772. The molecule has 0 spiro atoms. The predicted molar refractivity (Wildman–Crippen MR) is 68.4 cm³/mol. The van der Waals surface area contributed by atoms with Crippen LogP contribution in [0.15, 0.2) is 24.3 Å². The lowest BCUT2D eigenvalue weighted by molar-refractivity contribution is 0.477. The smallest absolute Gasteiger partial charge is 0.0677 e. The average Bonchev–Trinajstić information content (AvgIpc) is 2.25. The molecular weight excluding hydrogens is 196 g/mol. The van der Waals surface area contributed by atoms with E-state index in [4.69, 9.17) is 5.26 Å². The number of nitrogens with zero attached hydrogens (tertiary/aromatic N) is 2. The van der Waals surface area contributed by atoms with Crippen LogP contribution in [-0.2, 0) is 0 Å². The molecule has 1 aromatic rings. The Labute approximate surface area is 98.5 Å². The van der Waals surface area contributed by atoms with Crippen LogP contribution in [0.5, 0.6) is 0 Å². The van der Waals surface area contributed by atoms with Crippen molar-refractivity contribution < 1.29 is 0 Å². The number of benzene rings is 1. The molecule has 1 aromatic carbocycles. The molecule has 0 radical (unpaired) electrons. The first-order valence-electron chi connectivity index (χ1n) is 5.72. The second kappa shape index (κ2) is 5.55. The molecule has 16 heavy (non-hydrogen) atoms. The van der Waals surface area contributed by atoms with E-state index in [0.717, 1.165) is 6.54 Å². The van der Waals surface area contributed by atoms with E-state index in [0.29, 0.717) is 5.92 Å². The SMILES string of the molecule is Cc1cccc(N(C)CC(C#N)C(C)C)c1. The minimum atomic E-state index is 0.0884. The average molecular weight is 216 g/mol. The van der Waals surface area contributed by atoms with Crippen molar-refractivity contribution in [2.45, 2.75) is 20.8 Å². The van der Waals surface area contributed by atoms with Crippen LogP contribution in [0.25, 0.3) is 0 Å². The summed E-state index contributed by atoms with van der Waals surface area (Å²) in [6, 6.07) is 10.7. The molecule has 0 amide bonds. The monoisotopic (exact) mass is 216 g/mol. The van der Waals surface area contributed by atoms with E-state index in [1.54, 1.807) is 0 Å². The molecule has 2 heteroatoms. The van der Waals surface area contributed by atoms with Crippen LogP contribution in [0.3, 0.4) is 0 Å². The van der Waals surface area contributed by atoms with E-state index >= 15 is 0 Å². The lowest BCUT2D eigenvalue weighted by atomic mass is 9.97. The Bertz CT molecular complexity index is 377. The molecule has 0 aliphatic heterocycles. The minimum Gasteiger partial charge on any atom is -0.373 e. The first-order valence-corrected chi connectivity index (χ1v) is 5.72. The summed E-state index contributed by atoms with van der Waals surface area (Å²) in [6.07, 6.45) is 0. The highest BCUT2D eigenvalue weighted by atomic mass is 15.1. The summed E-state index contributed by atoms with van der Waals surface area (Å²) in [5.41, 5.74) is 2.43. The highest BCUT2D eigenvalue weighted by Gasteiger charge is 2.15. The van der Waals surface area contributed by atoms with Crippen molar-refractivity contribution in [2.24, 2.45) is 11.8 Å². The standard InChI is InChI=1S/C14H20N2/c1-11(2)13(9-15)10-16(4)14-7-5-6-12(3)8-14/h5-8,11,13H,10H2,1-4H3. The van der Waals surface area contributed by atoms with Crippen LogP contribution < -0.4 is 4.90 Å². The first-order chi connectivity index (χ1) is 7.54. The Balaban J connectivity index is 2.72. The number of hydrogen-bond donors (Lipinski definition) is 0. The predicted octanol–water partition coefficient (Wildman–Crippen LogP) is 3.23. The van der Waals surface area contributed by atoms with E-state index in [1.807, 2.05) is 7.05 Å². The van der Waals surface area contributed by atoms with Gasteiger partial charge in [0.15, 0.2) is 0 Å². The second-order valence-electron chi connectivity index (χ2n) is 4.70. The number of anilines is 1. The third-order valence-corrected chi connectivity index (χ3v) is 2.88. The van der Waals surface area contributed by atoms with Gasteiger partial charge in [-0.2, -0.15) is 5.26 Å². The third-order valence-electron chi connectivity index (χ3n) is 2.88. The molecule has 2 nitrogen and oxygen atoms in total. The molecule has 0 N–H and O–H groups in total. The van der Waals surface area contributed by atoms with Gasteiger partial charge in [-0.05, 0) is 30.5 Å². The summed E-state index contributed by atoms with van der Waals surface area (Å²) in [4.78, 5) is 2.15. The van der Waals surface area contributed by atoms with Crippen LogP contribution in [-0.4, -0.2) is 13.6 Å². The van der Waals surface area contributed by atoms with Gasteiger partial charge in [0, 0.05) is 19.3 Å². The summed E-state index contributed by atoms with van der Waals surface area (Å²) >= 11 is 0. The van der Waals surface area contributed by atoms with Crippen LogP contribution >= 0.6 is 0 Å². The maximum atomic E-state index is 9.07. The molecule has 1 rings (SSSR count). The van der Waals surface area contributed by atoms with Crippen molar-refractivity contribution in [3.63, 3.8) is 0 Å². The Morgan fingerprint density at radius 3 is 2.56 bits per heavy atom. The summed E-state index contributed by atoms with van der Waals surface area (Å²) in [5, 5.41) is 9.07. The number of hydrogen-bond acceptors (Lipinski definition) is 2. The zero-order valence-electron chi connectivity index (χ0n) is 10.6. The summed E-state index contributed by atoms with van der Waals surface area (Å²) in [7, 11) is 2.04. The molecule has 0 saturated carbocycles. The van der Waals surface area contributed by atoms with E-state index in [2.05, 4.69) is 56.0 Å². The van der Waals surface area contributed by atoms with Crippen molar-refractivity contribution in [2.75, 3.05) is 18.5 Å². The Hall–Kier alpha value is -1.49. The topological polar surface area (TPSA) is 27.0 Å². The fraction of sp³-hybridized carbons (Fsp3) is 0.500. The fourth-order valence-electron chi connectivity index (χ4n) is 1.67. The Morgan fingerprint density at radius 2 is 2.06 bits per heavy atom. The molecule has 0 aliphatic rings. The molecule has 0 heterocycles. The minimum absolute atomic E-state index is 0.0884. The van der Waals surface area contributed by atoms with Gasteiger partial charge < -0.3 is 4.90 Å². The molecule has 1 unspecified atom stereocenters. The largest absolute Gasteiger partial charge is 0.373 e. The van der Waals surface area contributed by atoms with Gasteiger partial charge in [0.25, 0.3) is 0 Å². The number of rotatable bonds is 4. The van der Waals surface area contributed by atoms with Gasteiger partial charge in [-0.3, -0.25) is 0 Å². The van der Waals surface area contributed by atoms with Gasteiger partial charge in [0.2, 0.25) is 0 Å². The zero-order valence-corrected chi connectivity index (χ0v) is 10.6. The van der Waals surface area contributed by atoms with Gasteiger partial charge in [-0.25, -0.2) is 0 Å². The summed E-state index contributed by atoms with van der Waals surface area (Å²) < 4.78 is 0. The van der Waals surface area contributed by atoms with Crippen LogP contribution in [0.4, 0.5) is 5.69 Å². The fourth-order valence-corrected chi connectivity index (χ4v) is 1.67. The molecule has 0 saturated heterocycles. The van der Waals surface area contributed by atoms with Crippen molar-refractivity contribution in [3.8, 4) is 6.07 Å². The van der Waals surface area contributed by atoms with Gasteiger partial charge in [0.1, 0.15) is 0 Å². The molecule has 1 atom stereocenters. The lowest BCUT2D eigenvalue weighted by Crippen LogP contribution is -2.27. The molecule has 86 valence electrons. The first kappa shape index (κ1) is 12.6. The number of aryl methyl sites for hydroxylation is 1. The molecule has 0 aliphatic carbocycles. The van der Waals surface area contributed by atoms with Crippen LogP contribution in [0.2, 0.25) is 0 Å². The van der Waals surface area contributed by atoms with E-state index < -0.39 is 0 Å². The van der Waals surface area contributed by atoms with Gasteiger partial charge in [0.05, 0.1) is 12.0 Å². The Morgan fingerprint density at radius 1 is 1.38 bits per heavy atom. The highest BCUT2D eigenvalue weighted by molar-refractivity contribution is 5.47. The number of nitriles is 1. The Kier molecular flexibility index (Phi) is 4.37. The molecule has 0 fully saturated rings. The lowest BCUT2D eigenvalue weighted by Gasteiger charge is -2.24.